The van der Waals surface area contributed by atoms with E-state index < -0.39 is 9.84 Å². The van der Waals surface area contributed by atoms with Gasteiger partial charge in [0.2, 0.25) is 0 Å². The summed E-state index contributed by atoms with van der Waals surface area (Å²) in [6.45, 7) is 2.07. The predicted octanol–water partition coefficient (Wildman–Crippen LogP) is 0.641. The van der Waals surface area contributed by atoms with Crippen molar-refractivity contribution < 1.29 is 8.42 Å². The van der Waals surface area contributed by atoms with Crippen LogP contribution in [0.4, 0.5) is 5.69 Å². The molecule has 0 radical (unpaired) electrons. The van der Waals surface area contributed by atoms with E-state index in [0.717, 1.165) is 18.8 Å². The Hall–Kier alpha value is -1.07. The predicted molar refractivity (Wildman–Crippen MR) is 67.1 cm³/mol. The first-order valence-corrected chi connectivity index (χ1v) is 7.73. The summed E-state index contributed by atoms with van der Waals surface area (Å²) in [6.07, 6.45) is 2.44. The molecule has 2 aliphatic heterocycles. The molecule has 2 bridgehead atoms. The Kier molecular flexibility index (Phi) is 2.41. The van der Waals surface area contributed by atoms with Gasteiger partial charge in [0.15, 0.2) is 9.84 Å². The Morgan fingerprint density at radius 3 is 2.47 bits per heavy atom. The first kappa shape index (κ1) is 11.0. The van der Waals surface area contributed by atoms with Gasteiger partial charge in [-0.2, -0.15) is 0 Å². The molecule has 0 unspecified atom stereocenters. The minimum absolute atomic E-state index is 0.392. The second-order valence-corrected chi connectivity index (χ2v) is 6.93. The molecule has 2 heterocycles. The van der Waals surface area contributed by atoms with Gasteiger partial charge in [-0.05, 0) is 30.7 Å². The highest BCUT2D eigenvalue weighted by atomic mass is 32.2. The van der Waals surface area contributed by atoms with Crippen LogP contribution in [0.1, 0.15) is 6.42 Å². The zero-order valence-electron chi connectivity index (χ0n) is 9.76. The molecule has 0 amide bonds. The summed E-state index contributed by atoms with van der Waals surface area (Å²) in [4.78, 5) is 2.76. The number of rotatable bonds is 2. The van der Waals surface area contributed by atoms with Crippen LogP contribution >= 0.6 is 0 Å². The van der Waals surface area contributed by atoms with Crippen LogP contribution in [-0.4, -0.2) is 39.8 Å². The van der Waals surface area contributed by atoms with Crippen molar-refractivity contribution in [3.63, 3.8) is 0 Å². The normalized spacial score (nSPS) is 27.7. The summed E-state index contributed by atoms with van der Waals surface area (Å²) in [7, 11) is -3.08. The minimum atomic E-state index is -3.08. The van der Waals surface area contributed by atoms with Crippen LogP contribution in [0, 0.1) is 0 Å². The zero-order chi connectivity index (χ0) is 12.0. The molecule has 0 saturated carbocycles. The van der Waals surface area contributed by atoms with E-state index >= 15 is 0 Å². The number of anilines is 1. The maximum absolute atomic E-state index is 11.4. The Labute approximate surface area is 102 Å². The molecule has 2 atom stereocenters. The number of benzene rings is 1. The maximum atomic E-state index is 11.4. The number of nitrogens with one attached hydrogen (secondary N) is 1. The summed E-state index contributed by atoms with van der Waals surface area (Å²) in [5.74, 6) is 0. The second kappa shape index (κ2) is 3.71. The Balaban J connectivity index is 1.86. The molecule has 2 aliphatic rings. The molecule has 2 fully saturated rings. The summed E-state index contributed by atoms with van der Waals surface area (Å²) in [6, 6.07) is 8.40. The standard InChI is InChI=1S/C12H16N2O2S/c1-17(15,16)12-4-2-10(3-5-12)14-8-9-6-11(14)7-13-9/h2-5,9,11,13H,6-8H2,1H3/t9-,11-/m0/s1. The molecule has 92 valence electrons. The Morgan fingerprint density at radius 2 is 2.00 bits per heavy atom. The SMILES string of the molecule is CS(=O)(=O)c1ccc(N2C[C@@H]3C[C@H]2CN3)cc1. The molecule has 1 N–H and O–H groups in total. The Morgan fingerprint density at radius 1 is 1.29 bits per heavy atom. The smallest absolute Gasteiger partial charge is 0.175 e. The molecule has 2 saturated heterocycles. The lowest BCUT2D eigenvalue weighted by Gasteiger charge is -2.29. The van der Waals surface area contributed by atoms with Gasteiger partial charge in [0.25, 0.3) is 0 Å². The first-order chi connectivity index (χ1) is 8.04. The number of hydrogen-bond acceptors (Lipinski definition) is 4. The third-order valence-corrected chi connectivity index (χ3v) is 4.78. The van der Waals surface area contributed by atoms with E-state index in [1.54, 1.807) is 12.1 Å². The Bertz CT molecular complexity index is 524. The summed E-state index contributed by atoms with van der Waals surface area (Å²) < 4.78 is 22.7. The summed E-state index contributed by atoms with van der Waals surface area (Å²) in [5, 5.41) is 3.45. The van der Waals surface area contributed by atoms with Gasteiger partial charge >= 0.3 is 0 Å². The van der Waals surface area contributed by atoms with Crippen molar-refractivity contribution in [3.8, 4) is 0 Å². The van der Waals surface area contributed by atoms with Crippen LogP contribution in [0.15, 0.2) is 29.2 Å². The second-order valence-electron chi connectivity index (χ2n) is 4.91. The zero-order valence-corrected chi connectivity index (χ0v) is 10.6. The van der Waals surface area contributed by atoms with Crippen molar-refractivity contribution in [2.75, 3.05) is 24.2 Å². The minimum Gasteiger partial charge on any atom is -0.366 e. The number of sulfone groups is 1. The monoisotopic (exact) mass is 252 g/mol. The lowest BCUT2D eigenvalue weighted by atomic mass is 10.2. The van der Waals surface area contributed by atoms with Crippen LogP contribution in [0.25, 0.3) is 0 Å². The van der Waals surface area contributed by atoms with Gasteiger partial charge in [0.1, 0.15) is 0 Å². The van der Waals surface area contributed by atoms with Crippen LogP contribution in [0.3, 0.4) is 0 Å². The van der Waals surface area contributed by atoms with E-state index in [-0.39, 0.29) is 0 Å². The molecule has 1 aromatic carbocycles. The van der Waals surface area contributed by atoms with E-state index in [1.807, 2.05) is 12.1 Å². The highest BCUT2D eigenvalue weighted by Gasteiger charge is 2.37. The number of nitrogens with zero attached hydrogens (tertiary/aromatic N) is 1. The van der Waals surface area contributed by atoms with Crippen LogP contribution in [0.5, 0.6) is 0 Å². The average molecular weight is 252 g/mol. The topological polar surface area (TPSA) is 49.4 Å². The quantitative estimate of drug-likeness (QED) is 0.839. The van der Waals surface area contributed by atoms with Gasteiger partial charge in [-0.1, -0.05) is 0 Å². The van der Waals surface area contributed by atoms with Crippen molar-refractivity contribution in [1.82, 2.24) is 5.32 Å². The van der Waals surface area contributed by atoms with Crippen LogP contribution < -0.4 is 10.2 Å². The van der Waals surface area contributed by atoms with Gasteiger partial charge in [-0.3, -0.25) is 0 Å². The molecule has 4 nitrogen and oxygen atoms in total. The lowest BCUT2D eigenvalue weighted by molar-refractivity contribution is 0.580. The maximum Gasteiger partial charge on any atom is 0.175 e. The molecule has 17 heavy (non-hydrogen) atoms. The van der Waals surface area contributed by atoms with Crippen molar-refractivity contribution in [2.45, 2.75) is 23.4 Å². The molecule has 0 spiro atoms. The van der Waals surface area contributed by atoms with E-state index in [0.29, 0.717) is 17.0 Å². The van der Waals surface area contributed by atoms with E-state index in [1.165, 1.54) is 12.7 Å². The molecule has 0 aliphatic carbocycles. The molecule has 0 aromatic heterocycles. The van der Waals surface area contributed by atoms with Crippen LogP contribution in [0.2, 0.25) is 0 Å². The molecule has 3 rings (SSSR count). The fourth-order valence-corrected chi connectivity index (χ4v) is 3.39. The molecule has 5 heteroatoms. The van der Waals surface area contributed by atoms with Gasteiger partial charge in [-0.25, -0.2) is 8.42 Å². The molecular formula is C12H16N2O2S. The number of hydrogen-bond donors (Lipinski definition) is 1. The van der Waals surface area contributed by atoms with Gasteiger partial charge in [-0.15, -0.1) is 0 Å². The fourth-order valence-electron chi connectivity index (χ4n) is 2.76. The van der Waals surface area contributed by atoms with E-state index in [2.05, 4.69) is 10.2 Å². The largest absolute Gasteiger partial charge is 0.366 e. The van der Waals surface area contributed by atoms with Crippen molar-refractivity contribution >= 4 is 15.5 Å². The fraction of sp³-hybridized carbons (Fsp3) is 0.500. The third-order valence-electron chi connectivity index (χ3n) is 3.65. The lowest BCUT2D eigenvalue weighted by Crippen LogP contribution is -2.43. The highest BCUT2D eigenvalue weighted by Crippen LogP contribution is 2.29. The van der Waals surface area contributed by atoms with Crippen molar-refractivity contribution in [1.29, 1.82) is 0 Å². The first-order valence-electron chi connectivity index (χ1n) is 5.84. The van der Waals surface area contributed by atoms with E-state index in [9.17, 15) is 8.42 Å². The summed E-state index contributed by atoms with van der Waals surface area (Å²) in [5.41, 5.74) is 1.13. The van der Waals surface area contributed by atoms with Crippen molar-refractivity contribution in [2.24, 2.45) is 0 Å². The van der Waals surface area contributed by atoms with Gasteiger partial charge in [0, 0.05) is 37.1 Å². The average Bonchev–Trinajstić information content (AvgIpc) is 2.89. The highest BCUT2D eigenvalue weighted by molar-refractivity contribution is 7.90. The number of piperazine rings is 1. The van der Waals surface area contributed by atoms with E-state index in [4.69, 9.17) is 0 Å². The molecular weight excluding hydrogens is 236 g/mol. The van der Waals surface area contributed by atoms with Crippen LogP contribution in [-0.2, 0) is 9.84 Å². The summed E-state index contributed by atoms with van der Waals surface area (Å²) >= 11 is 0. The van der Waals surface area contributed by atoms with Gasteiger partial charge in [0.05, 0.1) is 4.90 Å². The number of fused-ring (bicyclic) bond motifs is 2. The van der Waals surface area contributed by atoms with Crippen molar-refractivity contribution in [3.05, 3.63) is 24.3 Å². The third kappa shape index (κ3) is 1.93. The van der Waals surface area contributed by atoms with Gasteiger partial charge < -0.3 is 10.2 Å². The molecule has 1 aromatic rings.